The second-order valence-corrected chi connectivity index (χ2v) is 4.61. The lowest BCUT2D eigenvalue weighted by molar-refractivity contribution is 0.318. The maximum Gasteiger partial charge on any atom is 0.126 e. The summed E-state index contributed by atoms with van der Waals surface area (Å²) >= 11 is 0. The molecule has 2 aromatic heterocycles. The maximum atomic E-state index is 4.28. The molecule has 0 fully saturated rings. The lowest BCUT2D eigenvalue weighted by Gasteiger charge is -2.17. The van der Waals surface area contributed by atoms with Gasteiger partial charge < -0.3 is 5.32 Å². The zero-order chi connectivity index (χ0) is 13.5. The Morgan fingerprint density at radius 1 is 1.16 bits per heavy atom. The van der Waals surface area contributed by atoms with Crippen LogP contribution in [-0.4, -0.2) is 28.5 Å². The van der Waals surface area contributed by atoms with Gasteiger partial charge >= 0.3 is 0 Å². The molecule has 0 spiro atoms. The molecule has 0 saturated carbocycles. The summed E-state index contributed by atoms with van der Waals surface area (Å²) in [5.74, 6) is 0.940. The molecule has 0 aromatic carbocycles. The Morgan fingerprint density at radius 2 is 2.00 bits per heavy atom. The summed E-state index contributed by atoms with van der Waals surface area (Å²) in [6.07, 6.45) is 5.56. The van der Waals surface area contributed by atoms with Crippen LogP contribution in [0, 0.1) is 0 Å². The van der Waals surface area contributed by atoms with Gasteiger partial charge in [-0.1, -0.05) is 6.07 Å². The van der Waals surface area contributed by atoms with Crippen LogP contribution in [0.5, 0.6) is 0 Å². The Kier molecular flexibility index (Phi) is 4.86. The zero-order valence-corrected chi connectivity index (χ0v) is 11.5. The summed E-state index contributed by atoms with van der Waals surface area (Å²) in [7, 11) is 2.11. The van der Waals surface area contributed by atoms with Crippen LogP contribution in [0.1, 0.15) is 18.1 Å². The second-order valence-electron chi connectivity index (χ2n) is 4.61. The summed E-state index contributed by atoms with van der Waals surface area (Å²) in [5.41, 5.74) is 2.49. The third-order valence-electron chi connectivity index (χ3n) is 2.81. The highest BCUT2D eigenvalue weighted by atomic mass is 15.1. The largest absolute Gasteiger partial charge is 0.370 e. The predicted molar refractivity (Wildman–Crippen MR) is 77.8 cm³/mol. The fraction of sp³-hybridized carbons (Fsp3) is 0.333. The molecule has 0 amide bonds. The summed E-state index contributed by atoms with van der Waals surface area (Å²) in [6, 6.07) is 8.23. The number of nitrogens with one attached hydrogen (secondary N) is 1. The van der Waals surface area contributed by atoms with Crippen molar-refractivity contribution in [1.29, 1.82) is 0 Å². The lowest BCUT2D eigenvalue weighted by Crippen LogP contribution is -2.17. The van der Waals surface area contributed by atoms with Gasteiger partial charge in [-0.3, -0.25) is 9.88 Å². The van der Waals surface area contributed by atoms with Gasteiger partial charge in [0.15, 0.2) is 0 Å². The first-order valence-corrected chi connectivity index (χ1v) is 6.54. The monoisotopic (exact) mass is 256 g/mol. The van der Waals surface area contributed by atoms with Gasteiger partial charge in [0.25, 0.3) is 0 Å². The summed E-state index contributed by atoms with van der Waals surface area (Å²) < 4.78 is 0. The molecule has 0 radical (unpaired) electrons. The number of nitrogens with zero attached hydrogens (tertiary/aromatic N) is 3. The van der Waals surface area contributed by atoms with E-state index in [0.29, 0.717) is 0 Å². The normalized spacial score (nSPS) is 10.7. The van der Waals surface area contributed by atoms with E-state index in [-0.39, 0.29) is 0 Å². The number of hydrogen-bond acceptors (Lipinski definition) is 4. The molecule has 4 heteroatoms. The summed E-state index contributed by atoms with van der Waals surface area (Å²) in [5, 5.41) is 3.23. The smallest absolute Gasteiger partial charge is 0.126 e. The van der Waals surface area contributed by atoms with Gasteiger partial charge in [0.1, 0.15) is 5.82 Å². The van der Waals surface area contributed by atoms with E-state index in [0.717, 1.165) is 25.5 Å². The predicted octanol–water partition coefficient (Wildman–Crippen LogP) is 2.54. The van der Waals surface area contributed by atoms with Crippen molar-refractivity contribution >= 4 is 5.82 Å². The van der Waals surface area contributed by atoms with Crippen LogP contribution in [0.3, 0.4) is 0 Å². The molecule has 2 heterocycles. The highest BCUT2D eigenvalue weighted by Gasteiger charge is 2.03. The molecule has 100 valence electrons. The van der Waals surface area contributed by atoms with Crippen molar-refractivity contribution < 1.29 is 0 Å². The van der Waals surface area contributed by atoms with Crippen LogP contribution in [0.25, 0.3) is 0 Å². The van der Waals surface area contributed by atoms with Crippen molar-refractivity contribution in [2.24, 2.45) is 0 Å². The topological polar surface area (TPSA) is 41.0 Å². The third kappa shape index (κ3) is 4.34. The van der Waals surface area contributed by atoms with Crippen molar-refractivity contribution in [3.8, 4) is 0 Å². The minimum absolute atomic E-state index is 0.891. The standard InChI is InChI=1S/C15H20N4/c1-3-17-15-9-13(6-8-18-15)11-19(2)12-14-5-4-7-16-10-14/h4-10H,3,11-12H2,1-2H3,(H,17,18). The lowest BCUT2D eigenvalue weighted by atomic mass is 10.2. The van der Waals surface area contributed by atoms with Crippen LogP contribution >= 0.6 is 0 Å². The first kappa shape index (κ1) is 13.5. The fourth-order valence-electron chi connectivity index (χ4n) is 2.02. The van der Waals surface area contributed by atoms with Gasteiger partial charge in [0, 0.05) is 38.2 Å². The van der Waals surface area contributed by atoms with E-state index in [1.165, 1.54) is 11.1 Å². The molecular weight excluding hydrogens is 236 g/mol. The van der Waals surface area contributed by atoms with Crippen LogP contribution in [0.4, 0.5) is 5.82 Å². The number of rotatable bonds is 6. The van der Waals surface area contributed by atoms with E-state index < -0.39 is 0 Å². The van der Waals surface area contributed by atoms with E-state index in [9.17, 15) is 0 Å². The first-order chi connectivity index (χ1) is 9.28. The highest BCUT2D eigenvalue weighted by molar-refractivity contribution is 5.37. The molecular formula is C15H20N4. The van der Waals surface area contributed by atoms with Crippen molar-refractivity contribution in [1.82, 2.24) is 14.9 Å². The molecule has 2 aromatic rings. The van der Waals surface area contributed by atoms with Crippen LogP contribution < -0.4 is 5.32 Å². The Bertz CT molecular complexity index is 499. The average Bonchev–Trinajstić information content (AvgIpc) is 2.40. The van der Waals surface area contributed by atoms with Gasteiger partial charge in [-0.25, -0.2) is 4.98 Å². The molecule has 0 aliphatic rings. The van der Waals surface area contributed by atoms with E-state index in [2.05, 4.69) is 52.4 Å². The van der Waals surface area contributed by atoms with E-state index >= 15 is 0 Å². The van der Waals surface area contributed by atoms with Gasteiger partial charge in [-0.05, 0) is 43.3 Å². The Labute approximate surface area is 114 Å². The third-order valence-corrected chi connectivity index (χ3v) is 2.81. The van der Waals surface area contributed by atoms with Gasteiger partial charge in [-0.2, -0.15) is 0 Å². The molecule has 2 rings (SSSR count). The second kappa shape index (κ2) is 6.85. The van der Waals surface area contributed by atoms with E-state index in [1.807, 2.05) is 18.5 Å². The molecule has 0 aliphatic heterocycles. The summed E-state index contributed by atoms with van der Waals surface area (Å²) in [6.45, 7) is 4.76. The SMILES string of the molecule is CCNc1cc(CN(C)Cc2cccnc2)ccn1. The molecule has 0 bridgehead atoms. The van der Waals surface area contributed by atoms with Gasteiger partial charge in [0.05, 0.1) is 0 Å². The molecule has 19 heavy (non-hydrogen) atoms. The Hall–Kier alpha value is -1.94. The molecule has 0 unspecified atom stereocenters. The van der Waals surface area contributed by atoms with Gasteiger partial charge in [-0.15, -0.1) is 0 Å². The molecule has 0 aliphatic carbocycles. The van der Waals surface area contributed by atoms with Crippen LogP contribution in [0.15, 0.2) is 42.9 Å². The van der Waals surface area contributed by atoms with Crippen molar-refractivity contribution in [3.63, 3.8) is 0 Å². The Balaban J connectivity index is 1.95. The van der Waals surface area contributed by atoms with Crippen molar-refractivity contribution in [2.75, 3.05) is 18.9 Å². The number of pyridine rings is 2. The first-order valence-electron chi connectivity index (χ1n) is 6.54. The minimum atomic E-state index is 0.891. The molecule has 4 nitrogen and oxygen atoms in total. The van der Waals surface area contributed by atoms with Crippen LogP contribution in [-0.2, 0) is 13.1 Å². The number of aromatic nitrogens is 2. The highest BCUT2D eigenvalue weighted by Crippen LogP contribution is 2.10. The average molecular weight is 256 g/mol. The summed E-state index contributed by atoms with van der Waals surface area (Å²) in [4.78, 5) is 10.7. The van der Waals surface area contributed by atoms with E-state index in [4.69, 9.17) is 0 Å². The number of hydrogen-bond donors (Lipinski definition) is 1. The zero-order valence-electron chi connectivity index (χ0n) is 11.5. The molecule has 1 N–H and O–H groups in total. The maximum absolute atomic E-state index is 4.28. The van der Waals surface area contributed by atoms with Crippen molar-refractivity contribution in [2.45, 2.75) is 20.0 Å². The minimum Gasteiger partial charge on any atom is -0.370 e. The molecule has 0 atom stereocenters. The fourth-order valence-corrected chi connectivity index (χ4v) is 2.02. The number of anilines is 1. The van der Waals surface area contributed by atoms with Crippen LogP contribution in [0.2, 0.25) is 0 Å². The quantitative estimate of drug-likeness (QED) is 0.862. The molecule has 0 saturated heterocycles. The van der Waals surface area contributed by atoms with E-state index in [1.54, 1.807) is 6.20 Å². The van der Waals surface area contributed by atoms with Gasteiger partial charge in [0.2, 0.25) is 0 Å². The van der Waals surface area contributed by atoms with Crippen molar-refractivity contribution in [3.05, 3.63) is 54.0 Å². The Morgan fingerprint density at radius 3 is 2.74 bits per heavy atom.